The first-order valence-electron chi connectivity index (χ1n) is 9.09. The van der Waals surface area contributed by atoms with Crippen LogP contribution in [-0.4, -0.2) is 36.1 Å². The highest BCUT2D eigenvalue weighted by Crippen LogP contribution is 2.20. The minimum Gasteiger partial charge on any atom is -0.497 e. The number of carbonyl (C=O) groups is 2. The molecule has 0 atom stereocenters. The summed E-state index contributed by atoms with van der Waals surface area (Å²) in [5, 5.41) is 9.35. The number of hydrogen-bond donors (Lipinski definition) is 2. The third kappa shape index (κ3) is 4.98. The highest BCUT2D eigenvalue weighted by molar-refractivity contribution is 5.97. The molecule has 0 saturated carbocycles. The van der Waals surface area contributed by atoms with Crippen molar-refractivity contribution in [3.8, 4) is 17.1 Å². The predicted octanol–water partition coefficient (Wildman–Crippen LogP) is 2.98. The summed E-state index contributed by atoms with van der Waals surface area (Å²) in [4.78, 5) is 28.4. The average molecular weight is 394 g/mol. The van der Waals surface area contributed by atoms with Crippen LogP contribution in [0.5, 0.6) is 5.75 Å². The summed E-state index contributed by atoms with van der Waals surface area (Å²) in [5.41, 5.74) is 2.74. The highest BCUT2D eigenvalue weighted by atomic mass is 16.5. The van der Waals surface area contributed by atoms with Crippen LogP contribution in [0.4, 0.5) is 5.69 Å². The summed E-state index contributed by atoms with van der Waals surface area (Å²) < 4.78 is 10.4. The molecule has 8 nitrogen and oxygen atoms in total. The van der Waals surface area contributed by atoms with Crippen molar-refractivity contribution in [3.05, 3.63) is 59.5 Å². The number of hydrogen-bond acceptors (Lipinski definition) is 6. The molecule has 2 amide bonds. The molecule has 29 heavy (non-hydrogen) atoms. The van der Waals surface area contributed by atoms with Crippen molar-refractivity contribution in [2.24, 2.45) is 0 Å². The average Bonchev–Trinajstić information content (AvgIpc) is 3.22. The second kappa shape index (κ2) is 9.01. The molecule has 1 heterocycles. The molecular weight excluding hydrogens is 372 g/mol. The summed E-state index contributed by atoms with van der Waals surface area (Å²) in [7, 11) is 3.16. The number of nitrogens with zero attached hydrogens (tertiary/aromatic N) is 2. The maximum absolute atomic E-state index is 12.3. The highest BCUT2D eigenvalue weighted by Gasteiger charge is 2.13. The number of anilines is 1. The van der Waals surface area contributed by atoms with Crippen molar-refractivity contribution in [1.29, 1.82) is 0 Å². The fourth-order valence-electron chi connectivity index (χ4n) is 2.69. The van der Waals surface area contributed by atoms with Crippen LogP contribution in [0.2, 0.25) is 0 Å². The van der Waals surface area contributed by atoms with Crippen molar-refractivity contribution in [2.45, 2.75) is 19.8 Å². The van der Waals surface area contributed by atoms with Gasteiger partial charge in [0.25, 0.3) is 5.91 Å². The van der Waals surface area contributed by atoms with Gasteiger partial charge in [0.2, 0.25) is 17.6 Å². The van der Waals surface area contributed by atoms with Gasteiger partial charge < -0.3 is 19.9 Å². The molecule has 0 radical (unpaired) electrons. The molecule has 0 aliphatic rings. The van der Waals surface area contributed by atoms with Crippen molar-refractivity contribution in [2.75, 3.05) is 19.5 Å². The molecule has 150 valence electrons. The van der Waals surface area contributed by atoms with Crippen LogP contribution in [0.15, 0.2) is 47.0 Å². The van der Waals surface area contributed by atoms with Crippen LogP contribution >= 0.6 is 0 Å². The third-order valence-corrected chi connectivity index (χ3v) is 4.38. The second-order valence-corrected chi connectivity index (χ2v) is 6.40. The molecule has 3 rings (SSSR count). The minimum absolute atomic E-state index is 0.174. The lowest BCUT2D eigenvalue weighted by Crippen LogP contribution is -2.19. The lowest BCUT2D eigenvalue weighted by molar-refractivity contribution is -0.116. The van der Waals surface area contributed by atoms with Gasteiger partial charge in [-0.05, 0) is 48.9 Å². The molecule has 0 aliphatic heterocycles. The summed E-state index contributed by atoms with van der Waals surface area (Å²) in [6.07, 6.45) is 0.483. The van der Waals surface area contributed by atoms with E-state index in [0.29, 0.717) is 29.4 Å². The standard InChI is InChI=1S/C21H22N4O4/c1-13-4-5-15(21(27)22-2)12-17(13)23-18(26)10-11-19-24-20(25-29-19)14-6-8-16(28-3)9-7-14/h4-9,12H,10-11H2,1-3H3,(H,22,27)(H,23,26). The van der Waals surface area contributed by atoms with E-state index in [4.69, 9.17) is 9.26 Å². The second-order valence-electron chi connectivity index (χ2n) is 6.40. The van der Waals surface area contributed by atoms with Gasteiger partial charge in [-0.1, -0.05) is 11.2 Å². The first kappa shape index (κ1) is 20.1. The fraction of sp³-hybridized carbons (Fsp3) is 0.238. The van der Waals surface area contributed by atoms with Crippen LogP contribution < -0.4 is 15.4 Å². The Kier molecular flexibility index (Phi) is 6.23. The molecule has 1 aromatic heterocycles. The van der Waals surface area contributed by atoms with Crippen molar-refractivity contribution in [1.82, 2.24) is 15.5 Å². The number of nitrogens with one attached hydrogen (secondary N) is 2. The summed E-state index contributed by atoms with van der Waals surface area (Å²) in [6, 6.07) is 12.5. The Hall–Kier alpha value is -3.68. The van der Waals surface area contributed by atoms with Crippen molar-refractivity contribution in [3.63, 3.8) is 0 Å². The van der Waals surface area contributed by atoms with Crippen LogP contribution in [0.25, 0.3) is 11.4 Å². The van der Waals surface area contributed by atoms with Gasteiger partial charge in [0, 0.05) is 36.7 Å². The van der Waals surface area contributed by atoms with Crippen LogP contribution in [0.3, 0.4) is 0 Å². The zero-order valence-electron chi connectivity index (χ0n) is 16.5. The number of amides is 2. The lowest BCUT2D eigenvalue weighted by Gasteiger charge is -2.10. The van der Waals surface area contributed by atoms with Gasteiger partial charge in [-0.15, -0.1) is 0 Å². The Morgan fingerprint density at radius 3 is 2.59 bits per heavy atom. The van der Waals surface area contributed by atoms with Gasteiger partial charge in [-0.2, -0.15) is 4.98 Å². The van der Waals surface area contributed by atoms with Gasteiger partial charge in [0.05, 0.1) is 7.11 Å². The molecular formula is C21H22N4O4. The number of methoxy groups -OCH3 is 1. The maximum atomic E-state index is 12.3. The topological polar surface area (TPSA) is 106 Å². The van der Waals surface area contributed by atoms with Gasteiger partial charge >= 0.3 is 0 Å². The van der Waals surface area contributed by atoms with E-state index in [9.17, 15) is 9.59 Å². The predicted molar refractivity (Wildman–Crippen MR) is 108 cm³/mol. The summed E-state index contributed by atoms with van der Waals surface area (Å²) >= 11 is 0. The van der Waals surface area contributed by atoms with E-state index < -0.39 is 0 Å². The van der Waals surface area contributed by atoms with E-state index >= 15 is 0 Å². The molecule has 0 saturated heterocycles. The largest absolute Gasteiger partial charge is 0.497 e. The van der Waals surface area contributed by atoms with Crippen molar-refractivity contribution < 1.29 is 18.8 Å². The molecule has 2 aromatic carbocycles. The van der Waals surface area contributed by atoms with E-state index in [1.807, 2.05) is 31.2 Å². The first-order chi connectivity index (χ1) is 14.0. The summed E-state index contributed by atoms with van der Waals surface area (Å²) in [6.45, 7) is 1.86. The molecule has 0 fully saturated rings. The molecule has 0 unspecified atom stereocenters. The van der Waals surface area contributed by atoms with Gasteiger partial charge in [-0.25, -0.2) is 0 Å². The van der Waals surface area contributed by atoms with E-state index in [0.717, 1.165) is 16.9 Å². The lowest BCUT2D eigenvalue weighted by atomic mass is 10.1. The van der Waals surface area contributed by atoms with Gasteiger partial charge in [0.15, 0.2) is 0 Å². The number of benzene rings is 2. The third-order valence-electron chi connectivity index (χ3n) is 4.38. The van der Waals surface area contributed by atoms with Crippen LogP contribution in [0.1, 0.15) is 28.2 Å². The number of carbonyl (C=O) groups excluding carboxylic acids is 2. The Bertz CT molecular complexity index is 1010. The molecule has 0 bridgehead atoms. The van der Waals surface area contributed by atoms with E-state index in [1.54, 1.807) is 32.4 Å². The quantitative estimate of drug-likeness (QED) is 0.638. The molecule has 3 aromatic rings. The van der Waals surface area contributed by atoms with E-state index in [-0.39, 0.29) is 18.2 Å². The molecule has 2 N–H and O–H groups in total. The number of rotatable bonds is 7. The van der Waals surface area contributed by atoms with Crippen LogP contribution in [-0.2, 0) is 11.2 Å². The normalized spacial score (nSPS) is 10.4. The van der Waals surface area contributed by atoms with E-state index in [1.165, 1.54) is 0 Å². The number of ether oxygens (including phenoxy) is 1. The summed E-state index contributed by atoms with van der Waals surface area (Å²) in [5.74, 6) is 1.16. The maximum Gasteiger partial charge on any atom is 0.251 e. The molecule has 8 heteroatoms. The Morgan fingerprint density at radius 1 is 1.14 bits per heavy atom. The zero-order valence-corrected chi connectivity index (χ0v) is 16.5. The number of aromatic nitrogens is 2. The Labute approximate surface area is 168 Å². The van der Waals surface area contributed by atoms with Crippen LogP contribution in [0, 0.1) is 6.92 Å². The first-order valence-corrected chi connectivity index (χ1v) is 9.09. The fourth-order valence-corrected chi connectivity index (χ4v) is 2.69. The van der Waals surface area contributed by atoms with Gasteiger partial charge in [-0.3, -0.25) is 9.59 Å². The van der Waals surface area contributed by atoms with Crippen molar-refractivity contribution >= 4 is 17.5 Å². The number of aryl methyl sites for hydroxylation is 2. The molecule has 0 spiro atoms. The SMILES string of the molecule is CNC(=O)c1ccc(C)c(NC(=O)CCc2nc(-c3ccc(OC)cc3)no2)c1. The molecule has 0 aliphatic carbocycles. The smallest absolute Gasteiger partial charge is 0.251 e. The van der Waals surface area contributed by atoms with E-state index in [2.05, 4.69) is 20.8 Å². The monoisotopic (exact) mass is 394 g/mol. The Balaban J connectivity index is 1.60. The Morgan fingerprint density at radius 2 is 1.90 bits per heavy atom. The zero-order chi connectivity index (χ0) is 20.8. The minimum atomic E-state index is -0.211. The van der Waals surface area contributed by atoms with Gasteiger partial charge in [0.1, 0.15) is 5.75 Å².